The van der Waals surface area contributed by atoms with E-state index in [4.69, 9.17) is 4.74 Å². The van der Waals surface area contributed by atoms with E-state index >= 15 is 0 Å². The SMILES string of the molecule is Cc1nc(N[C@@H]2CCC[C@H]2O)c2ncn([C@@H]3O[C@H](CO)[C@@H](O)[C@H]3O)c2n1. The van der Waals surface area contributed by atoms with Gasteiger partial charge in [0.25, 0.3) is 0 Å². The van der Waals surface area contributed by atoms with Crippen LogP contribution in [0.3, 0.4) is 0 Å². The number of anilines is 1. The second kappa shape index (κ2) is 6.71. The van der Waals surface area contributed by atoms with Gasteiger partial charge in [0.05, 0.1) is 25.1 Å². The predicted octanol–water partition coefficient (Wildman–Crippen LogP) is -0.928. The Kier molecular flexibility index (Phi) is 4.53. The molecule has 2 aromatic heterocycles. The van der Waals surface area contributed by atoms with Crippen LogP contribution < -0.4 is 5.32 Å². The summed E-state index contributed by atoms with van der Waals surface area (Å²) in [7, 11) is 0. The molecule has 1 aliphatic carbocycles. The number of nitrogens with zero attached hydrogens (tertiary/aromatic N) is 4. The van der Waals surface area contributed by atoms with Gasteiger partial charge in [-0.1, -0.05) is 0 Å². The number of fused-ring (bicyclic) bond motifs is 1. The van der Waals surface area contributed by atoms with Crippen LogP contribution in [0.15, 0.2) is 6.33 Å². The number of rotatable bonds is 4. The van der Waals surface area contributed by atoms with E-state index in [0.717, 1.165) is 19.3 Å². The largest absolute Gasteiger partial charge is 0.394 e. The number of hydrogen-bond donors (Lipinski definition) is 5. The van der Waals surface area contributed by atoms with Crippen LogP contribution in [0, 0.1) is 6.92 Å². The lowest BCUT2D eigenvalue weighted by Crippen LogP contribution is -2.33. The highest BCUT2D eigenvalue weighted by molar-refractivity contribution is 5.83. The Balaban J connectivity index is 1.70. The minimum atomic E-state index is -1.21. The molecule has 0 amide bonds. The lowest BCUT2D eigenvalue weighted by atomic mass is 10.1. The molecular weight excluding hydrogens is 342 g/mol. The zero-order valence-corrected chi connectivity index (χ0v) is 14.4. The average molecular weight is 365 g/mol. The number of aromatic nitrogens is 4. The van der Waals surface area contributed by atoms with Crippen LogP contribution in [0.1, 0.15) is 31.3 Å². The van der Waals surface area contributed by atoms with Crippen LogP contribution >= 0.6 is 0 Å². The summed E-state index contributed by atoms with van der Waals surface area (Å²) in [6.07, 6.45) is -0.609. The third-order valence-corrected chi connectivity index (χ3v) is 5.13. The van der Waals surface area contributed by atoms with Crippen molar-refractivity contribution in [1.82, 2.24) is 19.5 Å². The van der Waals surface area contributed by atoms with Gasteiger partial charge in [0, 0.05) is 0 Å². The number of imidazole rings is 1. The molecule has 0 aromatic carbocycles. The summed E-state index contributed by atoms with van der Waals surface area (Å²) < 4.78 is 7.10. The van der Waals surface area contributed by atoms with E-state index in [0.29, 0.717) is 22.8 Å². The highest BCUT2D eigenvalue weighted by Crippen LogP contribution is 2.33. The quantitative estimate of drug-likeness (QED) is 0.464. The predicted molar refractivity (Wildman–Crippen MR) is 90.3 cm³/mol. The minimum absolute atomic E-state index is 0.0911. The minimum Gasteiger partial charge on any atom is -0.394 e. The maximum Gasteiger partial charge on any atom is 0.167 e. The van der Waals surface area contributed by atoms with Gasteiger partial charge < -0.3 is 30.5 Å². The number of aryl methyl sites for hydroxylation is 1. The third-order valence-electron chi connectivity index (χ3n) is 5.13. The summed E-state index contributed by atoms with van der Waals surface area (Å²) in [4.78, 5) is 13.1. The summed E-state index contributed by atoms with van der Waals surface area (Å²) in [5.41, 5.74) is 0.940. The second-order valence-electron chi connectivity index (χ2n) is 6.92. The molecule has 10 heteroatoms. The first-order chi connectivity index (χ1) is 12.5. The molecular formula is C16H23N5O5. The molecule has 0 spiro atoms. The van der Waals surface area contributed by atoms with Crippen molar-refractivity contribution in [2.24, 2.45) is 0 Å². The fourth-order valence-corrected chi connectivity index (χ4v) is 3.71. The summed E-state index contributed by atoms with van der Waals surface area (Å²) in [5, 5.41) is 42.8. The summed E-state index contributed by atoms with van der Waals surface area (Å²) in [6.45, 7) is 1.34. The normalized spacial score (nSPS) is 34.7. The fourth-order valence-electron chi connectivity index (χ4n) is 3.71. The molecule has 0 bridgehead atoms. The Morgan fingerprint density at radius 2 is 2.04 bits per heavy atom. The van der Waals surface area contributed by atoms with Crippen LogP contribution in [0.5, 0.6) is 0 Å². The summed E-state index contributed by atoms with van der Waals surface area (Å²) >= 11 is 0. The number of hydrogen-bond acceptors (Lipinski definition) is 9. The first-order valence-electron chi connectivity index (χ1n) is 8.78. The Hall–Kier alpha value is -1.85. The molecule has 4 rings (SSSR count). The molecule has 1 saturated heterocycles. The molecule has 1 saturated carbocycles. The third kappa shape index (κ3) is 2.83. The number of nitrogens with one attached hydrogen (secondary N) is 1. The van der Waals surface area contributed by atoms with Crippen molar-refractivity contribution in [1.29, 1.82) is 0 Å². The van der Waals surface area contributed by atoms with Crippen LogP contribution in [0.25, 0.3) is 11.2 Å². The van der Waals surface area contributed by atoms with E-state index < -0.39 is 37.3 Å². The van der Waals surface area contributed by atoms with Gasteiger partial charge in [0.1, 0.15) is 24.1 Å². The molecule has 5 N–H and O–H groups in total. The Morgan fingerprint density at radius 1 is 1.23 bits per heavy atom. The average Bonchev–Trinajstić information content (AvgIpc) is 3.28. The molecule has 26 heavy (non-hydrogen) atoms. The van der Waals surface area contributed by atoms with Gasteiger partial charge in [-0.15, -0.1) is 0 Å². The fraction of sp³-hybridized carbons (Fsp3) is 0.688. The van der Waals surface area contributed by atoms with Crippen molar-refractivity contribution in [3.05, 3.63) is 12.2 Å². The van der Waals surface area contributed by atoms with Gasteiger partial charge in [0.15, 0.2) is 23.2 Å². The first-order valence-corrected chi connectivity index (χ1v) is 8.78. The van der Waals surface area contributed by atoms with Crippen LogP contribution in [-0.4, -0.2) is 77.0 Å². The van der Waals surface area contributed by atoms with E-state index in [9.17, 15) is 20.4 Å². The van der Waals surface area contributed by atoms with Crippen molar-refractivity contribution in [2.45, 2.75) is 62.9 Å². The van der Waals surface area contributed by atoms with Crippen LogP contribution in [-0.2, 0) is 4.74 Å². The second-order valence-corrected chi connectivity index (χ2v) is 6.92. The van der Waals surface area contributed by atoms with E-state index in [1.54, 1.807) is 6.92 Å². The molecule has 2 aliphatic rings. The smallest absolute Gasteiger partial charge is 0.167 e. The van der Waals surface area contributed by atoms with Crippen molar-refractivity contribution >= 4 is 17.0 Å². The Bertz CT molecular complexity index is 799. The molecule has 0 radical (unpaired) electrons. The topological polar surface area (TPSA) is 146 Å². The van der Waals surface area contributed by atoms with Gasteiger partial charge in [0.2, 0.25) is 0 Å². The molecule has 142 valence electrons. The molecule has 3 heterocycles. The van der Waals surface area contributed by atoms with Crippen LogP contribution in [0.4, 0.5) is 5.82 Å². The molecule has 1 aliphatic heterocycles. The van der Waals surface area contributed by atoms with Gasteiger partial charge in [-0.3, -0.25) is 4.57 Å². The van der Waals surface area contributed by atoms with E-state index in [1.165, 1.54) is 10.9 Å². The standard InChI is InChI=1S/C16H23N5O5/c1-7-18-14(20-8-3-2-4-9(8)23)11-15(19-7)21(6-17-11)16-13(25)12(24)10(5-22)26-16/h6,8-10,12-13,16,22-25H,2-5H2,1H3,(H,18,19,20)/t8-,9-,10-,12-,13-,16-/m1/s1. The lowest BCUT2D eigenvalue weighted by molar-refractivity contribution is -0.0511. The van der Waals surface area contributed by atoms with Crippen molar-refractivity contribution in [3.8, 4) is 0 Å². The molecule has 2 aromatic rings. The van der Waals surface area contributed by atoms with E-state index in [-0.39, 0.29) is 6.04 Å². The molecule has 2 fully saturated rings. The highest BCUT2D eigenvalue weighted by atomic mass is 16.6. The highest BCUT2D eigenvalue weighted by Gasteiger charge is 2.44. The molecule has 0 unspecified atom stereocenters. The summed E-state index contributed by atoms with van der Waals surface area (Å²) in [5.74, 6) is 1.02. The monoisotopic (exact) mass is 365 g/mol. The van der Waals surface area contributed by atoms with Gasteiger partial charge in [-0.05, 0) is 26.2 Å². The van der Waals surface area contributed by atoms with Crippen LogP contribution in [0.2, 0.25) is 0 Å². The Morgan fingerprint density at radius 3 is 2.69 bits per heavy atom. The maximum atomic E-state index is 10.3. The zero-order valence-electron chi connectivity index (χ0n) is 14.4. The number of aliphatic hydroxyl groups is 4. The van der Waals surface area contributed by atoms with Gasteiger partial charge in [-0.25, -0.2) is 15.0 Å². The summed E-state index contributed by atoms with van der Waals surface area (Å²) in [6, 6.07) is -0.0911. The van der Waals surface area contributed by atoms with Gasteiger partial charge in [-0.2, -0.15) is 0 Å². The van der Waals surface area contributed by atoms with Crippen molar-refractivity contribution in [3.63, 3.8) is 0 Å². The maximum absolute atomic E-state index is 10.3. The molecule has 10 nitrogen and oxygen atoms in total. The Labute approximate surface area is 149 Å². The molecule has 6 atom stereocenters. The van der Waals surface area contributed by atoms with Gasteiger partial charge >= 0.3 is 0 Å². The zero-order chi connectivity index (χ0) is 18.4. The lowest BCUT2D eigenvalue weighted by Gasteiger charge is -2.19. The van der Waals surface area contributed by atoms with Crippen molar-refractivity contribution in [2.75, 3.05) is 11.9 Å². The van der Waals surface area contributed by atoms with E-state index in [1.807, 2.05) is 0 Å². The number of ether oxygens (including phenoxy) is 1. The van der Waals surface area contributed by atoms with E-state index in [2.05, 4.69) is 20.3 Å². The number of aliphatic hydroxyl groups excluding tert-OH is 4. The van der Waals surface area contributed by atoms with Crippen molar-refractivity contribution < 1.29 is 25.2 Å². The first kappa shape index (κ1) is 17.6.